The third kappa shape index (κ3) is 3.07. The molecule has 1 aromatic heterocycles. The molecule has 5 heteroatoms. The number of benzene rings is 1. The fraction of sp³-hybridized carbons (Fsp3) is 0.357. The molecule has 0 radical (unpaired) electrons. The highest BCUT2D eigenvalue weighted by Crippen LogP contribution is 2.24. The van der Waals surface area contributed by atoms with Crippen molar-refractivity contribution in [2.24, 2.45) is 0 Å². The zero-order chi connectivity index (χ0) is 13.8. The number of nitrogens with one attached hydrogen (secondary N) is 1. The Kier molecular flexibility index (Phi) is 4.43. The average molecular weight is 282 g/mol. The number of aryl methyl sites for hydroxylation is 1. The Balaban J connectivity index is 2.35. The van der Waals surface area contributed by atoms with Crippen LogP contribution < -0.4 is 5.32 Å². The number of rotatable bonds is 5. The molecule has 0 unspecified atom stereocenters. The lowest BCUT2D eigenvalue weighted by Crippen LogP contribution is -2.08. The van der Waals surface area contributed by atoms with Crippen molar-refractivity contribution in [2.45, 2.75) is 26.7 Å². The smallest absolute Gasteiger partial charge is 0.207 e. The lowest BCUT2D eigenvalue weighted by atomic mass is 10.3. The third-order valence-electron chi connectivity index (χ3n) is 2.83. The normalized spacial score (nSPS) is 10.7. The van der Waals surface area contributed by atoms with Crippen molar-refractivity contribution in [1.29, 1.82) is 0 Å². The van der Waals surface area contributed by atoms with Crippen LogP contribution in [0.4, 0.5) is 10.3 Å². The first-order valence-electron chi connectivity index (χ1n) is 6.37. The van der Waals surface area contributed by atoms with Gasteiger partial charge < -0.3 is 5.32 Å². The number of hydrogen-bond donors (Lipinski definition) is 1. The molecule has 2 rings (SSSR count). The summed E-state index contributed by atoms with van der Waals surface area (Å²) in [6.07, 6.45) is 3.94. The van der Waals surface area contributed by atoms with Gasteiger partial charge in [0, 0.05) is 12.7 Å². The van der Waals surface area contributed by atoms with Gasteiger partial charge in [-0.2, -0.15) is 0 Å². The van der Waals surface area contributed by atoms with E-state index < -0.39 is 5.82 Å². The maximum atomic E-state index is 14.1. The summed E-state index contributed by atoms with van der Waals surface area (Å²) in [5.41, 5.74) is 1.24. The number of halogens is 2. The average Bonchev–Trinajstić information content (AvgIpc) is 2.74. The molecule has 0 fully saturated rings. The standard InChI is InChI=1S/C14H17ClFN3/c1-3-4-8-17-14-18-10(2)9-19(14)12-7-5-6-11(15)13(12)16/h5-7,9H,3-4,8H2,1-2H3,(H,17,18). The number of imidazole rings is 1. The zero-order valence-corrected chi connectivity index (χ0v) is 11.8. The third-order valence-corrected chi connectivity index (χ3v) is 3.12. The summed E-state index contributed by atoms with van der Waals surface area (Å²) in [6.45, 7) is 4.81. The van der Waals surface area contributed by atoms with Crippen molar-refractivity contribution in [3.05, 3.63) is 40.9 Å². The van der Waals surface area contributed by atoms with Gasteiger partial charge in [0.05, 0.1) is 16.4 Å². The highest BCUT2D eigenvalue weighted by molar-refractivity contribution is 6.30. The van der Waals surface area contributed by atoms with E-state index in [2.05, 4.69) is 17.2 Å². The topological polar surface area (TPSA) is 29.9 Å². The Morgan fingerprint density at radius 1 is 1.42 bits per heavy atom. The van der Waals surface area contributed by atoms with Crippen LogP contribution in [0.3, 0.4) is 0 Å². The molecule has 0 spiro atoms. The second-order valence-corrected chi connectivity index (χ2v) is 4.84. The van der Waals surface area contributed by atoms with Gasteiger partial charge >= 0.3 is 0 Å². The maximum absolute atomic E-state index is 14.1. The first-order valence-corrected chi connectivity index (χ1v) is 6.75. The van der Waals surface area contributed by atoms with Crippen molar-refractivity contribution >= 4 is 17.5 Å². The van der Waals surface area contributed by atoms with Crippen LogP contribution in [-0.4, -0.2) is 16.1 Å². The monoisotopic (exact) mass is 281 g/mol. The lowest BCUT2D eigenvalue weighted by molar-refractivity contribution is 0.619. The van der Waals surface area contributed by atoms with E-state index in [1.807, 2.05) is 6.92 Å². The molecule has 1 N–H and O–H groups in total. The lowest BCUT2D eigenvalue weighted by Gasteiger charge is -2.10. The van der Waals surface area contributed by atoms with Crippen LogP contribution in [0.25, 0.3) is 5.69 Å². The minimum atomic E-state index is -0.430. The van der Waals surface area contributed by atoms with Crippen molar-refractivity contribution in [1.82, 2.24) is 9.55 Å². The summed E-state index contributed by atoms with van der Waals surface area (Å²) in [5, 5.41) is 3.34. The summed E-state index contributed by atoms with van der Waals surface area (Å²) in [5.74, 6) is 0.215. The Morgan fingerprint density at radius 3 is 2.95 bits per heavy atom. The van der Waals surface area contributed by atoms with Gasteiger partial charge in [-0.3, -0.25) is 4.57 Å². The fourth-order valence-corrected chi connectivity index (χ4v) is 2.03. The number of nitrogens with zero attached hydrogens (tertiary/aromatic N) is 2. The van der Waals surface area contributed by atoms with Gasteiger partial charge in [-0.05, 0) is 25.5 Å². The van der Waals surface area contributed by atoms with Crippen molar-refractivity contribution in [3.63, 3.8) is 0 Å². The largest absolute Gasteiger partial charge is 0.355 e. The molecule has 0 bridgehead atoms. The van der Waals surface area contributed by atoms with Crippen molar-refractivity contribution in [3.8, 4) is 5.69 Å². The van der Waals surface area contributed by atoms with E-state index in [1.165, 1.54) is 6.07 Å². The Labute approximate surface area is 117 Å². The summed E-state index contributed by atoms with van der Waals surface area (Å²) in [6, 6.07) is 4.95. The predicted molar refractivity (Wildman–Crippen MR) is 76.7 cm³/mol. The van der Waals surface area contributed by atoms with Crippen LogP contribution in [0.5, 0.6) is 0 Å². The van der Waals surface area contributed by atoms with E-state index in [1.54, 1.807) is 22.9 Å². The molecule has 0 aliphatic carbocycles. The maximum Gasteiger partial charge on any atom is 0.207 e. The van der Waals surface area contributed by atoms with Crippen LogP contribution >= 0.6 is 11.6 Å². The highest BCUT2D eigenvalue weighted by atomic mass is 35.5. The molecular weight excluding hydrogens is 265 g/mol. The summed E-state index contributed by atoms with van der Waals surface area (Å²) in [4.78, 5) is 4.37. The minimum absolute atomic E-state index is 0.114. The Morgan fingerprint density at radius 2 is 2.21 bits per heavy atom. The second kappa shape index (κ2) is 6.06. The van der Waals surface area contributed by atoms with Gasteiger partial charge in [0.2, 0.25) is 5.95 Å². The zero-order valence-electron chi connectivity index (χ0n) is 11.1. The fourth-order valence-electron chi connectivity index (χ4n) is 1.86. The van der Waals surface area contributed by atoms with Gasteiger partial charge in [-0.15, -0.1) is 0 Å². The minimum Gasteiger partial charge on any atom is -0.355 e. The van der Waals surface area contributed by atoms with E-state index in [9.17, 15) is 4.39 Å². The van der Waals surface area contributed by atoms with Crippen LogP contribution in [0.1, 0.15) is 25.5 Å². The molecular formula is C14H17ClFN3. The summed E-state index contributed by atoms with van der Waals surface area (Å²) in [7, 11) is 0. The molecule has 3 nitrogen and oxygen atoms in total. The van der Waals surface area contributed by atoms with Crippen LogP contribution in [0.15, 0.2) is 24.4 Å². The van der Waals surface area contributed by atoms with Crippen LogP contribution in [0.2, 0.25) is 5.02 Å². The number of hydrogen-bond acceptors (Lipinski definition) is 2. The molecule has 102 valence electrons. The van der Waals surface area contributed by atoms with Crippen LogP contribution in [0, 0.1) is 12.7 Å². The van der Waals surface area contributed by atoms with E-state index in [4.69, 9.17) is 11.6 Å². The highest BCUT2D eigenvalue weighted by Gasteiger charge is 2.13. The van der Waals surface area contributed by atoms with E-state index in [0.717, 1.165) is 25.1 Å². The molecule has 0 saturated carbocycles. The van der Waals surface area contributed by atoms with Gasteiger partial charge in [-0.25, -0.2) is 9.37 Å². The quantitative estimate of drug-likeness (QED) is 0.833. The molecule has 2 aromatic rings. The van der Waals surface area contributed by atoms with Gasteiger partial charge in [0.15, 0.2) is 5.82 Å². The van der Waals surface area contributed by atoms with Gasteiger partial charge in [-0.1, -0.05) is 31.0 Å². The Bertz CT molecular complexity index is 566. The van der Waals surface area contributed by atoms with Crippen molar-refractivity contribution < 1.29 is 4.39 Å². The van der Waals surface area contributed by atoms with E-state index in [-0.39, 0.29) is 5.02 Å². The number of unbranched alkanes of at least 4 members (excludes halogenated alkanes) is 1. The first kappa shape index (κ1) is 13.9. The predicted octanol–water partition coefficient (Wildman–Crippen LogP) is 4.19. The molecule has 0 atom stereocenters. The first-order chi connectivity index (χ1) is 9.13. The van der Waals surface area contributed by atoms with Gasteiger partial charge in [0.25, 0.3) is 0 Å². The molecule has 0 aliphatic heterocycles. The van der Waals surface area contributed by atoms with Crippen LogP contribution in [-0.2, 0) is 0 Å². The molecule has 0 aliphatic rings. The molecule has 19 heavy (non-hydrogen) atoms. The molecule has 1 aromatic carbocycles. The number of anilines is 1. The molecule has 1 heterocycles. The van der Waals surface area contributed by atoms with Gasteiger partial charge in [0.1, 0.15) is 0 Å². The molecule has 0 amide bonds. The van der Waals surface area contributed by atoms with E-state index >= 15 is 0 Å². The van der Waals surface area contributed by atoms with E-state index in [0.29, 0.717) is 11.6 Å². The summed E-state index contributed by atoms with van der Waals surface area (Å²) >= 11 is 5.82. The SMILES string of the molecule is CCCCNc1nc(C)cn1-c1cccc(Cl)c1F. The van der Waals surface area contributed by atoms with Crippen molar-refractivity contribution in [2.75, 3.05) is 11.9 Å². The summed E-state index contributed by atoms with van der Waals surface area (Å²) < 4.78 is 15.8. The second-order valence-electron chi connectivity index (χ2n) is 4.43. The Hall–Kier alpha value is -1.55. The molecule has 0 saturated heterocycles. The number of aromatic nitrogens is 2.